The van der Waals surface area contributed by atoms with Gasteiger partial charge in [-0.1, -0.05) is 6.07 Å². The van der Waals surface area contributed by atoms with Crippen LogP contribution in [0.5, 0.6) is 5.75 Å². The molecule has 2 aromatic rings. The summed E-state index contributed by atoms with van der Waals surface area (Å²) >= 11 is 0. The van der Waals surface area contributed by atoms with Crippen molar-refractivity contribution in [1.29, 1.82) is 0 Å². The van der Waals surface area contributed by atoms with E-state index in [1.807, 2.05) is 12.1 Å². The van der Waals surface area contributed by atoms with Gasteiger partial charge in [-0.3, -0.25) is 4.79 Å². The molecule has 3 rings (SSSR count). The van der Waals surface area contributed by atoms with Crippen molar-refractivity contribution in [2.24, 2.45) is 0 Å². The first-order valence-corrected chi connectivity index (χ1v) is 11.0. The maximum absolute atomic E-state index is 12.5. The normalized spacial score (nSPS) is 15.0. The zero-order valence-corrected chi connectivity index (χ0v) is 17.0. The summed E-state index contributed by atoms with van der Waals surface area (Å²) in [6, 6.07) is 13.0. The third-order valence-electron chi connectivity index (χ3n) is 4.51. The number of ether oxygens (including phenoxy) is 1. The van der Waals surface area contributed by atoms with Crippen molar-refractivity contribution in [3.63, 3.8) is 0 Å². The second kappa shape index (κ2) is 8.75. The summed E-state index contributed by atoms with van der Waals surface area (Å²) in [5.74, 6) is 0.420. The molecule has 6 nitrogen and oxygen atoms in total. The van der Waals surface area contributed by atoms with E-state index in [4.69, 9.17) is 4.74 Å². The molecule has 1 amide bonds. The molecule has 2 N–H and O–H groups in total. The number of nitrogens with one attached hydrogen (secondary N) is 2. The molecule has 0 radical (unpaired) electrons. The minimum Gasteiger partial charge on any atom is -0.490 e. The van der Waals surface area contributed by atoms with Gasteiger partial charge in [0.05, 0.1) is 11.0 Å². The Balaban J connectivity index is 1.66. The van der Waals surface area contributed by atoms with Crippen molar-refractivity contribution < 1.29 is 17.9 Å². The third-order valence-corrected chi connectivity index (χ3v) is 6.17. The number of carbonyl (C=O) groups excluding carboxylic acids is 1. The molecular formula is C21H26N2O4S. The fraction of sp³-hybridized carbons (Fsp3) is 0.381. The van der Waals surface area contributed by atoms with Crippen LogP contribution in [-0.4, -0.2) is 26.5 Å². The minimum absolute atomic E-state index is 0.0640. The Morgan fingerprint density at radius 3 is 2.39 bits per heavy atom. The standard InChI is InChI=1S/C21H26N2O4S/c1-15(2)23-28(25,26)20-9-5-6-16(14-20)21(24)22-17-10-12-19(13-11-17)27-18-7-3-4-8-18/h5-6,9-15,18,23H,3-4,7-8H2,1-2H3,(H,22,24). The molecule has 0 atom stereocenters. The van der Waals surface area contributed by atoms with Crippen LogP contribution >= 0.6 is 0 Å². The van der Waals surface area contributed by atoms with E-state index in [0.717, 1.165) is 18.6 Å². The Hall–Kier alpha value is -2.38. The summed E-state index contributed by atoms with van der Waals surface area (Å²) < 4.78 is 33.0. The van der Waals surface area contributed by atoms with E-state index in [0.29, 0.717) is 5.69 Å². The highest BCUT2D eigenvalue weighted by Crippen LogP contribution is 2.25. The largest absolute Gasteiger partial charge is 0.490 e. The zero-order chi connectivity index (χ0) is 20.1. The predicted molar refractivity (Wildman–Crippen MR) is 109 cm³/mol. The Kier molecular flexibility index (Phi) is 6.36. The summed E-state index contributed by atoms with van der Waals surface area (Å²) in [5, 5.41) is 2.79. The topological polar surface area (TPSA) is 84.5 Å². The molecule has 7 heteroatoms. The fourth-order valence-corrected chi connectivity index (χ4v) is 4.50. The van der Waals surface area contributed by atoms with Crippen molar-refractivity contribution in [1.82, 2.24) is 4.72 Å². The van der Waals surface area contributed by atoms with Crippen molar-refractivity contribution in [2.75, 3.05) is 5.32 Å². The molecule has 0 saturated heterocycles. The summed E-state index contributed by atoms with van der Waals surface area (Å²) in [4.78, 5) is 12.6. The zero-order valence-electron chi connectivity index (χ0n) is 16.1. The Bertz CT molecular complexity index is 918. The highest BCUT2D eigenvalue weighted by Gasteiger charge is 2.18. The highest BCUT2D eigenvalue weighted by molar-refractivity contribution is 7.89. The molecule has 150 valence electrons. The van der Waals surface area contributed by atoms with E-state index < -0.39 is 10.0 Å². The Labute approximate surface area is 166 Å². The van der Waals surface area contributed by atoms with Gasteiger partial charge in [-0.05, 0) is 82.0 Å². The van der Waals surface area contributed by atoms with E-state index in [1.54, 1.807) is 38.1 Å². The Morgan fingerprint density at radius 1 is 1.07 bits per heavy atom. The summed E-state index contributed by atoms with van der Waals surface area (Å²) in [6.07, 6.45) is 4.87. The molecule has 0 spiro atoms. The van der Waals surface area contributed by atoms with Gasteiger partial charge in [0.2, 0.25) is 10.0 Å². The number of amides is 1. The maximum Gasteiger partial charge on any atom is 0.255 e. The van der Waals surface area contributed by atoms with Gasteiger partial charge < -0.3 is 10.1 Å². The van der Waals surface area contributed by atoms with E-state index in [2.05, 4.69) is 10.0 Å². The van der Waals surface area contributed by atoms with Crippen molar-refractivity contribution in [3.8, 4) is 5.75 Å². The number of sulfonamides is 1. The van der Waals surface area contributed by atoms with Crippen LogP contribution < -0.4 is 14.8 Å². The molecule has 1 saturated carbocycles. The second-order valence-electron chi connectivity index (χ2n) is 7.31. The first kappa shape index (κ1) is 20.4. The van der Waals surface area contributed by atoms with Gasteiger partial charge in [0, 0.05) is 17.3 Å². The van der Waals surface area contributed by atoms with Crippen LogP contribution in [0.1, 0.15) is 49.9 Å². The molecule has 28 heavy (non-hydrogen) atoms. The van der Waals surface area contributed by atoms with Gasteiger partial charge in [0.15, 0.2) is 0 Å². The smallest absolute Gasteiger partial charge is 0.255 e. The number of hydrogen-bond acceptors (Lipinski definition) is 4. The van der Waals surface area contributed by atoms with E-state index in [-0.39, 0.29) is 28.5 Å². The van der Waals surface area contributed by atoms with Crippen LogP contribution in [0.2, 0.25) is 0 Å². The average Bonchev–Trinajstić information content (AvgIpc) is 3.15. The summed E-state index contributed by atoms with van der Waals surface area (Å²) in [6.45, 7) is 3.49. The van der Waals surface area contributed by atoms with Crippen molar-refractivity contribution >= 4 is 21.6 Å². The van der Waals surface area contributed by atoms with Gasteiger partial charge in [-0.2, -0.15) is 0 Å². The van der Waals surface area contributed by atoms with E-state index >= 15 is 0 Å². The summed E-state index contributed by atoms with van der Waals surface area (Å²) in [7, 11) is -3.65. The highest BCUT2D eigenvalue weighted by atomic mass is 32.2. The average molecular weight is 403 g/mol. The minimum atomic E-state index is -3.65. The molecule has 0 aliphatic heterocycles. The number of rotatable bonds is 7. The summed E-state index contributed by atoms with van der Waals surface area (Å²) in [5.41, 5.74) is 0.898. The second-order valence-corrected chi connectivity index (χ2v) is 9.02. The lowest BCUT2D eigenvalue weighted by molar-refractivity contribution is 0.102. The van der Waals surface area contributed by atoms with Crippen LogP contribution in [0, 0.1) is 0 Å². The van der Waals surface area contributed by atoms with Crippen LogP contribution in [0.15, 0.2) is 53.4 Å². The number of carbonyl (C=O) groups is 1. The first-order chi connectivity index (χ1) is 13.3. The third kappa shape index (κ3) is 5.33. The molecule has 1 aliphatic rings. The lowest BCUT2D eigenvalue weighted by Gasteiger charge is -2.13. The molecular weight excluding hydrogens is 376 g/mol. The molecule has 1 aliphatic carbocycles. The molecule has 1 fully saturated rings. The fourth-order valence-electron chi connectivity index (χ4n) is 3.20. The SMILES string of the molecule is CC(C)NS(=O)(=O)c1cccc(C(=O)Nc2ccc(OC3CCCC3)cc2)c1. The van der Waals surface area contributed by atoms with Crippen LogP contribution in [0.3, 0.4) is 0 Å². The molecule has 0 unspecified atom stereocenters. The lowest BCUT2D eigenvalue weighted by Crippen LogP contribution is -2.30. The van der Waals surface area contributed by atoms with Crippen LogP contribution in [0.4, 0.5) is 5.69 Å². The number of anilines is 1. The molecule has 0 aromatic heterocycles. The maximum atomic E-state index is 12.5. The quantitative estimate of drug-likeness (QED) is 0.734. The monoisotopic (exact) mass is 402 g/mol. The first-order valence-electron chi connectivity index (χ1n) is 9.54. The van der Waals surface area contributed by atoms with E-state index in [1.165, 1.54) is 25.0 Å². The molecule has 0 heterocycles. The predicted octanol–water partition coefficient (Wildman–Crippen LogP) is 3.95. The van der Waals surface area contributed by atoms with Gasteiger partial charge in [-0.25, -0.2) is 13.1 Å². The van der Waals surface area contributed by atoms with Crippen LogP contribution in [-0.2, 0) is 10.0 Å². The molecule has 0 bridgehead atoms. The lowest BCUT2D eigenvalue weighted by atomic mass is 10.2. The van der Waals surface area contributed by atoms with Crippen molar-refractivity contribution in [2.45, 2.75) is 56.6 Å². The van der Waals surface area contributed by atoms with Gasteiger partial charge >= 0.3 is 0 Å². The number of hydrogen-bond donors (Lipinski definition) is 2. The van der Waals surface area contributed by atoms with Crippen LogP contribution in [0.25, 0.3) is 0 Å². The van der Waals surface area contributed by atoms with Crippen molar-refractivity contribution in [3.05, 3.63) is 54.1 Å². The Morgan fingerprint density at radius 2 is 1.75 bits per heavy atom. The van der Waals surface area contributed by atoms with E-state index in [9.17, 15) is 13.2 Å². The van der Waals surface area contributed by atoms with Gasteiger partial charge in [-0.15, -0.1) is 0 Å². The molecule has 2 aromatic carbocycles. The number of benzene rings is 2. The van der Waals surface area contributed by atoms with Gasteiger partial charge in [0.25, 0.3) is 5.91 Å². The van der Waals surface area contributed by atoms with Gasteiger partial charge in [0.1, 0.15) is 5.75 Å².